The van der Waals surface area contributed by atoms with Gasteiger partial charge in [0.25, 0.3) is 0 Å². The maximum Gasteiger partial charge on any atom is 0.0760 e. The summed E-state index contributed by atoms with van der Waals surface area (Å²) in [5, 5.41) is 9.26. The van der Waals surface area contributed by atoms with Crippen LogP contribution in [0.3, 0.4) is 0 Å². The lowest BCUT2D eigenvalue weighted by molar-refractivity contribution is 0.389. The van der Waals surface area contributed by atoms with Crippen LogP contribution < -0.4 is 10.4 Å². The van der Waals surface area contributed by atoms with Crippen LogP contribution in [0.4, 0.5) is 11.4 Å². The second-order valence-corrected chi connectivity index (χ2v) is 6.25. The molecule has 0 aliphatic carbocycles. The minimum Gasteiger partial charge on any atom is -0.366 e. The van der Waals surface area contributed by atoms with Crippen molar-refractivity contribution in [2.45, 2.75) is 37.8 Å². The summed E-state index contributed by atoms with van der Waals surface area (Å²) in [7, 11) is 4.00. The van der Waals surface area contributed by atoms with Gasteiger partial charge in [-0.05, 0) is 58.0 Å². The van der Waals surface area contributed by atoms with E-state index < -0.39 is 0 Å². The van der Waals surface area contributed by atoms with Gasteiger partial charge in [-0.25, -0.2) is 0 Å². The van der Waals surface area contributed by atoms with Crippen molar-refractivity contribution in [3.05, 3.63) is 23.8 Å². The first kappa shape index (κ1) is 14.2. The first-order valence-electron chi connectivity index (χ1n) is 7.65. The van der Waals surface area contributed by atoms with Crippen molar-refractivity contribution >= 4 is 11.4 Å². The highest BCUT2D eigenvalue weighted by Gasteiger charge is 2.39. The van der Waals surface area contributed by atoms with Gasteiger partial charge in [-0.2, -0.15) is 0 Å². The van der Waals surface area contributed by atoms with Crippen LogP contribution in [0.5, 0.6) is 0 Å². The molecule has 2 aliphatic rings. The molecule has 4 nitrogen and oxygen atoms in total. The lowest BCUT2D eigenvalue weighted by atomic mass is 10.0. The molecule has 0 aromatic heterocycles. The molecule has 2 aliphatic heterocycles. The number of fused-ring (bicyclic) bond motifs is 2. The summed E-state index contributed by atoms with van der Waals surface area (Å²) in [4.78, 5) is 4.59. The number of hydrogen-bond acceptors (Lipinski definition) is 4. The summed E-state index contributed by atoms with van der Waals surface area (Å²) >= 11 is 0. The van der Waals surface area contributed by atoms with Crippen molar-refractivity contribution < 1.29 is 5.21 Å². The Morgan fingerprint density at radius 2 is 1.90 bits per heavy atom. The molecule has 2 fully saturated rings. The van der Waals surface area contributed by atoms with Crippen molar-refractivity contribution in [2.24, 2.45) is 0 Å². The first-order valence-corrected chi connectivity index (χ1v) is 7.65. The molecule has 2 N–H and O–H groups in total. The van der Waals surface area contributed by atoms with Crippen molar-refractivity contribution in [2.75, 3.05) is 31.0 Å². The molecule has 3 rings (SSSR count). The zero-order valence-electron chi connectivity index (χ0n) is 12.8. The third kappa shape index (κ3) is 2.85. The summed E-state index contributed by atoms with van der Waals surface area (Å²) < 4.78 is 0. The number of hydrogen-bond donors (Lipinski definition) is 2. The van der Waals surface area contributed by atoms with Crippen molar-refractivity contribution in [3.8, 4) is 11.8 Å². The number of nitrogens with zero attached hydrogens (tertiary/aromatic N) is 2. The lowest BCUT2D eigenvalue weighted by Gasteiger charge is -2.25. The Kier molecular flexibility index (Phi) is 4.05. The maximum atomic E-state index is 9.26. The molecule has 0 radical (unpaired) electrons. The highest BCUT2D eigenvalue weighted by molar-refractivity contribution is 5.66. The zero-order valence-corrected chi connectivity index (χ0v) is 12.8. The fourth-order valence-corrected chi connectivity index (χ4v) is 3.52. The Morgan fingerprint density at radius 3 is 2.48 bits per heavy atom. The van der Waals surface area contributed by atoms with Crippen LogP contribution in [0, 0.1) is 11.8 Å². The van der Waals surface area contributed by atoms with Gasteiger partial charge in [0.15, 0.2) is 0 Å². The third-order valence-electron chi connectivity index (χ3n) is 4.49. The largest absolute Gasteiger partial charge is 0.366 e. The molecule has 0 amide bonds. The van der Waals surface area contributed by atoms with E-state index in [-0.39, 0.29) is 0 Å². The van der Waals surface area contributed by atoms with Crippen LogP contribution in [0.2, 0.25) is 0 Å². The fraction of sp³-hybridized carbons (Fsp3) is 0.529. The average molecular weight is 285 g/mol. The Balaban J connectivity index is 1.87. The Bertz CT molecular complexity index is 553. The topological polar surface area (TPSA) is 38.7 Å². The van der Waals surface area contributed by atoms with Crippen LogP contribution in [-0.2, 0) is 0 Å². The molecular weight excluding hydrogens is 262 g/mol. The molecule has 21 heavy (non-hydrogen) atoms. The predicted molar refractivity (Wildman–Crippen MR) is 85.8 cm³/mol. The molecule has 0 spiro atoms. The summed E-state index contributed by atoms with van der Waals surface area (Å²) in [6, 6.07) is 7.52. The minimum absolute atomic E-state index is 0.677. The predicted octanol–water partition coefficient (Wildman–Crippen LogP) is 2.53. The standard InChI is InChI=1S/C17H23N3O/c1-19(2)11-3-4-13-12-16(9-10-17(13)18-21)20-14-5-6-15(20)8-7-14/h9-10,12,14-15,18,21H,5-8,11H2,1-2H3. The second kappa shape index (κ2) is 5.97. The van der Waals surface area contributed by atoms with Crippen molar-refractivity contribution in [1.29, 1.82) is 0 Å². The summed E-state index contributed by atoms with van der Waals surface area (Å²) in [6.07, 6.45) is 5.25. The molecule has 2 bridgehead atoms. The summed E-state index contributed by atoms with van der Waals surface area (Å²) in [5.74, 6) is 6.31. The monoisotopic (exact) mass is 285 g/mol. The van der Waals surface area contributed by atoms with Gasteiger partial charge in [0.2, 0.25) is 0 Å². The van der Waals surface area contributed by atoms with Crippen LogP contribution in [0.15, 0.2) is 18.2 Å². The van der Waals surface area contributed by atoms with Gasteiger partial charge >= 0.3 is 0 Å². The van der Waals surface area contributed by atoms with Crippen LogP contribution in [0.1, 0.15) is 31.2 Å². The van der Waals surface area contributed by atoms with Gasteiger partial charge in [0.1, 0.15) is 0 Å². The van der Waals surface area contributed by atoms with E-state index in [1.54, 1.807) is 0 Å². The van der Waals surface area contributed by atoms with Gasteiger partial charge < -0.3 is 4.90 Å². The normalized spacial score (nSPS) is 23.3. The Labute approximate surface area is 126 Å². The highest BCUT2D eigenvalue weighted by Crippen LogP contribution is 2.41. The van der Waals surface area contributed by atoms with E-state index in [1.807, 2.05) is 25.1 Å². The quantitative estimate of drug-likeness (QED) is 0.661. The molecule has 0 atom stereocenters. The SMILES string of the molecule is CN(C)CC#Cc1cc(N2C3CCC2CC3)ccc1NO. The number of nitrogens with one attached hydrogen (secondary N) is 1. The molecular formula is C17H23N3O. The molecule has 2 heterocycles. The number of rotatable bonds is 3. The van der Waals surface area contributed by atoms with Crippen LogP contribution >= 0.6 is 0 Å². The number of anilines is 2. The molecule has 0 saturated carbocycles. The molecule has 1 aromatic carbocycles. The second-order valence-electron chi connectivity index (χ2n) is 6.25. The van der Waals surface area contributed by atoms with E-state index in [2.05, 4.69) is 34.4 Å². The summed E-state index contributed by atoms with van der Waals surface area (Å²) in [5.41, 5.74) is 5.04. The van der Waals surface area contributed by atoms with E-state index in [0.29, 0.717) is 24.3 Å². The fourth-order valence-electron chi connectivity index (χ4n) is 3.52. The van der Waals surface area contributed by atoms with Gasteiger partial charge in [0, 0.05) is 17.8 Å². The lowest BCUT2D eigenvalue weighted by Crippen LogP contribution is -2.27. The average Bonchev–Trinajstić information content (AvgIpc) is 3.07. The third-order valence-corrected chi connectivity index (χ3v) is 4.49. The highest BCUT2D eigenvalue weighted by atomic mass is 16.5. The van der Waals surface area contributed by atoms with E-state index in [0.717, 1.165) is 5.56 Å². The van der Waals surface area contributed by atoms with E-state index >= 15 is 0 Å². The molecule has 0 unspecified atom stereocenters. The number of benzene rings is 1. The molecule has 1 aromatic rings. The van der Waals surface area contributed by atoms with Crippen LogP contribution in [0.25, 0.3) is 0 Å². The van der Waals surface area contributed by atoms with Gasteiger partial charge in [-0.1, -0.05) is 11.8 Å². The molecule has 112 valence electrons. The van der Waals surface area contributed by atoms with Gasteiger partial charge in [0.05, 0.1) is 17.8 Å². The van der Waals surface area contributed by atoms with Gasteiger partial charge in [-0.3, -0.25) is 15.6 Å². The van der Waals surface area contributed by atoms with Crippen molar-refractivity contribution in [1.82, 2.24) is 4.90 Å². The molecule has 4 heteroatoms. The maximum absolute atomic E-state index is 9.26. The van der Waals surface area contributed by atoms with Crippen LogP contribution in [-0.4, -0.2) is 42.8 Å². The molecule has 2 saturated heterocycles. The van der Waals surface area contributed by atoms with E-state index in [4.69, 9.17) is 0 Å². The minimum atomic E-state index is 0.677. The zero-order chi connectivity index (χ0) is 14.8. The first-order chi connectivity index (χ1) is 10.2. The van der Waals surface area contributed by atoms with Gasteiger partial charge in [-0.15, -0.1) is 0 Å². The Morgan fingerprint density at radius 1 is 1.24 bits per heavy atom. The van der Waals surface area contributed by atoms with Crippen molar-refractivity contribution in [3.63, 3.8) is 0 Å². The van der Waals surface area contributed by atoms with E-state index in [1.165, 1.54) is 31.4 Å². The summed E-state index contributed by atoms with van der Waals surface area (Å²) in [6.45, 7) is 0.712. The van der Waals surface area contributed by atoms with E-state index in [9.17, 15) is 5.21 Å². The Hall–Kier alpha value is -1.70. The smallest absolute Gasteiger partial charge is 0.0760 e.